The molecule has 0 spiro atoms. The Hall–Kier alpha value is -2.32. The van der Waals surface area contributed by atoms with Gasteiger partial charge in [-0.1, -0.05) is 19.1 Å². The van der Waals surface area contributed by atoms with E-state index in [1.165, 1.54) is 26.0 Å². The van der Waals surface area contributed by atoms with Crippen molar-refractivity contribution in [3.63, 3.8) is 0 Å². The van der Waals surface area contributed by atoms with Gasteiger partial charge in [-0.3, -0.25) is 4.79 Å². The highest BCUT2D eigenvalue weighted by Crippen LogP contribution is 2.19. The standard InChI is InChI=1S/C19H22F2N2O3S/c1-12(2)27(25,26)22-11-13(3)14-4-6-18(7-5-14)23-19(24)15-8-16(20)10-17(21)9-15/h4-10,12-13,22H,11H2,1-3H3,(H,23,24)/t13-/m0/s1/i6T,7T,8T,9T. The molecule has 0 fully saturated rings. The molecule has 0 aliphatic carbocycles. The molecule has 0 aliphatic heterocycles. The number of halogens is 2. The van der Waals surface area contributed by atoms with E-state index in [2.05, 4.69) is 10.0 Å². The summed E-state index contributed by atoms with van der Waals surface area (Å²) in [4.78, 5) is 12.4. The van der Waals surface area contributed by atoms with Crippen molar-refractivity contribution in [2.24, 2.45) is 0 Å². The van der Waals surface area contributed by atoms with Crippen LogP contribution in [-0.4, -0.2) is 26.1 Å². The molecule has 0 radical (unpaired) electrons. The number of anilines is 1. The van der Waals surface area contributed by atoms with Gasteiger partial charge in [0.05, 0.1) is 10.7 Å². The van der Waals surface area contributed by atoms with Crippen LogP contribution in [0.15, 0.2) is 42.4 Å². The smallest absolute Gasteiger partial charge is 0.255 e. The lowest BCUT2D eigenvalue weighted by atomic mass is 10.0. The van der Waals surface area contributed by atoms with Crippen LogP contribution in [0, 0.1) is 11.6 Å². The number of benzene rings is 2. The molecule has 5 nitrogen and oxygen atoms in total. The van der Waals surface area contributed by atoms with Crippen molar-refractivity contribution in [2.45, 2.75) is 31.9 Å². The molecule has 1 amide bonds. The van der Waals surface area contributed by atoms with Crippen LogP contribution in [0.4, 0.5) is 14.5 Å². The second-order valence-electron chi connectivity index (χ2n) is 6.21. The fourth-order valence-electron chi connectivity index (χ4n) is 2.02. The summed E-state index contributed by atoms with van der Waals surface area (Å²) in [6.45, 7) is 4.80. The minimum absolute atomic E-state index is 0.0398. The first-order valence-corrected chi connectivity index (χ1v) is 9.67. The Balaban J connectivity index is 2.29. The molecule has 0 aromatic heterocycles. The number of carbonyl (C=O) groups is 1. The molecule has 0 aliphatic rings. The maximum absolute atomic E-state index is 13.6. The quantitative estimate of drug-likeness (QED) is 0.740. The fraction of sp³-hybridized carbons (Fsp3) is 0.316. The Kier molecular flexibility index (Phi) is 4.99. The molecule has 2 aromatic carbocycles. The molecular formula is C19H22F2N2O3S. The van der Waals surface area contributed by atoms with Crippen LogP contribution in [0.25, 0.3) is 0 Å². The number of hydrogen-bond donors (Lipinski definition) is 2. The van der Waals surface area contributed by atoms with E-state index in [0.717, 1.165) is 0 Å². The first kappa shape index (κ1) is 15.7. The summed E-state index contributed by atoms with van der Waals surface area (Å²) in [5, 5.41) is 1.55. The highest BCUT2D eigenvalue weighted by Gasteiger charge is 2.17. The van der Waals surface area contributed by atoms with E-state index >= 15 is 0 Å². The molecule has 0 bridgehead atoms. The molecule has 1 atom stereocenters. The number of carbonyl (C=O) groups excluding carboxylic acids is 1. The number of hydrogen-bond acceptors (Lipinski definition) is 3. The van der Waals surface area contributed by atoms with E-state index in [4.69, 9.17) is 5.48 Å². The third-order valence-electron chi connectivity index (χ3n) is 3.75. The van der Waals surface area contributed by atoms with Crippen molar-refractivity contribution in [1.82, 2.24) is 4.72 Å². The Morgan fingerprint density at radius 1 is 1.15 bits per heavy atom. The van der Waals surface area contributed by atoms with Crippen molar-refractivity contribution in [1.29, 1.82) is 0 Å². The van der Waals surface area contributed by atoms with Gasteiger partial charge in [-0.05, 0) is 49.5 Å². The SMILES string of the molecule is [3H]c1cc([C@@H](C)CNS(=O)(=O)C(C)C)cc([3H])c1NC(=O)c1c([3H])c(F)cc(F)c1[3H]. The van der Waals surface area contributed by atoms with Gasteiger partial charge in [-0.2, -0.15) is 0 Å². The van der Waals surface area contributed by atoms with Crippen LogP contribution in [0.2, 0.25) is 0 Å². The molecule has 0 saturated carbocycles. The van der Waals surface area contributed by atoms with Crippen LogP contribution >= 0.6 is 0 Å². The van der Waals surface area contributed by atoms with Gasteiger partial charge < -0.3 is 5.32 Å². The number of amides is 1. The van der Waals surface area contributed by atoms with Crippen LogP contribution in [0.1, 0.15) is 48.1 Å². The lowest BCUT2D eigenvalue weighted by Gasteiger charge is -2.15. The molecular weight excluding hydrogens is 374 g/mol. The van der Waals surface area contributed by atoms with Gasteiger partial charge in [-0.25, -0.2) is 21.9 Å². The zero-order valence-electron chi connectivity index (χ0n) is 19.0. The van der Waals surface area contributed by atoms with E-state index in [-0.39, 0.29) is 30.2 Å². The van der Waals surface area contributed by atoms with Gasteiger partial charge in [0, 0.05) is 23.9 Å². The van der Waals surface area contributed by atoms with Crippen molar-refractivity contribution >= 4 is 21.6 Å². The molecule has 0 heterocycles. The lowest BCUT2D eigenvalue weighted by Crippen LogP contribution is -2.33. The van der Waals surface area contributed by atoms with Crippen LogP contribution < -0.4 is 10.0 Å². The molecule has 0 saturated heterocycles. The van der Waals surface area contributed by atoms with Crippen molar-refractivity contribution < 1.29 is 27.5 Å². The Morgan fingerprint density at radius 3 is 2.22 bits per heavy atom. The van der Waals surface area contributed by atoms with Crippen LogP contribution in [-0.2, 0) is 10.0 Å². The zero-order valence-corrected chi connectivity index (χ0v) is 15.8. The number of nitrogens with one attached hydrogen (secondary N) is 2. The highest BCUT2D eigenvalue weighted by molar-refractivity contribution is 7.90. The third kappa shape index (κ3) is 5.83. The molecule has 2 N–H and O–H groups in total. The Labute approximate surface area is 163 Å². The summed E-state index contributed by atoms with van der Waals surface area (Å²) < 4.78 is 84.8. The monoisotopic (exact) mass is 404 g/mol. The maximum atomic E-state index is 13.6. The Bertz CT molecular complexity index is 1080. The second kappa shape index (κ2) is 8.58. The van der Waals surface area contributed by atoms with Crippen molar-refractivity contribution in [3.05, 3.63) is 65.1 Å². The normalized spacial score (nSPS) is 14.9. The number of rotatable bonds is 7. The molecule has 27 heavy (non-hydrogen) atoms. The molecule has 146 valence electrons. The van der Waals surface area contributed by atoms with Gasteiger partial charge in [0.1, 0.15) is 11.6 Å². The topological polar surface area (TPSA) is 75.3 Å². The van der Waals surface area contributed by atoms with Gasteiger partial charge in [0.25, 0.3) is 5.91 Å². The minimum atomic E-state index is -3.49. The van der Waals surface area contributed by atoms with E-state index in [9.17, 15) is 22.0 Å². The van der Waals surface area contributed by atoms with Gasteiger partial charge >= 0.3 is 0 Å². The van der Waals surface area contributed by atoms with E-state index in [0.29, 0.717) is 11.6 Å². The van der Waals surface area contributed by atoms with E-state index in [1.54, 1.807) is 6.92 Å². The summed E-state index contributed by atoms with van der Waals surface area (Å²) in [5.74, 6) is -4.21. The predicted octanol–water partition coefficient (Wildman–Crippen LogP) is 3.65. The lowest BCUT2D eigenvalue weighted by molar-refractivity contribution is 0.102. The largest absolute Gasteiger partial charge is 0.322 e. The minimum Gasteiger partial charge on any atom is -0.322 e. The summed E-state index contributed by atoms with van der Waals surface area (Å²) >= 11 is 0. The molecule has 0 unspecified atom stereocenters. The van der Waals surface area contributed by atoms with Crippen LogP contribution in [0.3, 0.4) is 0 Å². The fourth-order valence-corrected chi connectivity index (χ4v) is 2.84. The first-order chi connectivity index (χ1) is 14.3. The van der Waals surface area contributed by atoms with Gasteiger partial charge in [-0.15, -0.1) is 0 Å². The van der Waals surface area contributed by atoms with Crippen LogP contribution in [0.5, 0.6) is 0 Å². The van der Waals surface area contributed by atoms with E-state index < -0.39 is 50.5 Å². The highest BCUT2D eigenvalue weighted by atomic mass is 32.2. The molecule has 8 heteroatoms. The van der Waals surface area contributed by atoms with Gasteiger partial charge in [0.2, 0.25) is 10.0 Å². The number of sulfonamides is 1. The summed E-state index contributed by atoms with van der Waals surface area (Å²) in [6.07, 6.45) is 0. The van der Waals surface area contributed by atoms with Gasteiger partial charge in [0.15, 0.2) is 0 Å². The molecule has 2 rings (SSSR count). The summed E-state index contributed by atoms with van der Waals surface area (Å²) in [5.41, 5.74) is -0.650. The summed E-state index contributed by atoms with van der Waals surface area (Å²) in [6, 6.07) is 0.481. The molecule has 2 aromatic rings. The predicted molar refractivity (Wildman–Crippen MR) is 101 cm³/mol. The average Bonchev–Trinajstić information content (AvgIpc) is 2.67. The zero-order chi connectivity index (χ0) is 23.7. The maximum Gasteiger partial charge on any atom is 0.255 e. The van der Waals surface area contributed by atoms with Crippen molar-refractivity contribution in [2.75, 3.05) is 11.9 Å². The average molecular weight is 404 g/mol. The third-order valence-corrected chi connectivity index (χ3v) is 5.56. The van der Waals surface area contributed by atoms with Crippen molar-refractivity contribution in [3.8, 4) is 0 Å². The Morgan fingerprint density at radius 2 is 1.70 bits per heavy atom. The first-order valence-electron chi connectivity index (χ1n) is 10.1. The summed E-state index contributed by atoms with van der Waals surface area (Å²) in [7, 11) is -3.49. The van der Waals surface area contributed by atoms with E-state index in [1.807, 2.05) is 0 Å². The second-order valence-corrected chi connectivity index (χ2v) is 8.54.